The van der Waals surface area contributed by atoms with Gasteiger partial charge in [-0.3, -0.25) is 9.11 Å². The Morgan fingerprint density at radius 2 is 1.40 bits per heavy atom. The van der Waals surface area contributed by atoms with E-state index in [4.69, 9.17) is 13.3 Å². The van der Waals surface area contributed by atoms with Gasteiger partial charge in [-0.2, -0.15) is 4.21 Å². The van der Waals surface area contributed by atoms with Gasteiger partial charge in [-0.25, -0.2) is 0 Å². The first-order valence-corrected chi connectivity index (χ1v) is 1.60. The second-order valence-corrected chi connectivity index (χ2v) is 0.692. The standard InChI is InChI=1S/Li.H2O3S/c;1-4(2)3/h;(H2,1,2,3). The van der Waals surface area contributed by atoms with Crippen molar-refractivity contribution in [1.29, 1.82) is 0 Å². The quantitative estimate of drug-likeness (QED) is 0.305. The molecule has 3 nitrogen and oxygen atoms in total. The molecule has 0 saturated carbocycles. The van der Waals surface area contributed by atoms with E-state index in [1.165, 1.54) is 0 Å². The molecule has 0 rings (SSSR count). The average Bonchev–Trinajstić information content (AvgIpc) is 0.811. The molecular weight excluding hydrogens is 87.0 g/mol. The Hall–Kier alpha value is 0.667. The van der Waals surface area contributed by atoms with Crippen molar-refractivity contribution in [2.24, 2.45) is 0 Å². The van der Waals surface area contributed by atoms with Crippen molar-refractivity contribution in [3.8, 4) is 0 Å². The third kappa shape index (κ3) is 74.6. The summed E-state index contributed by atoms with van der Waals surface area (Å²) in [5.74, 6) is 0. The van der Waals surface area contributed by atoms with Crippen LogP contribution >= 0.6 is 0 Å². The SMILES string of the molecule is O=S(O)O.[Li]. The molecule has 5 heteroatoms. The molecule has 0 aliphatic carbocycles. The van der Waals surface area contributed by atoms with Gasteiger partial charge >= 0.3 is 0 Å². The van der Waals surface area contributed by atoms with Crippen LogP contribution in [0, 0.1) is 0 Å². The van der Waals surface area contributed by atoms with Gasteiger partial charge in [0.25, 0.3) is 11.4 Å². The predicted molar refractivity (Wildman–Crippen MR) is 19.2 cm³/mol. The number of rotatable bonds is 0. The third-order valence-corrected chi connectivity index (χ3v) is 0. The number of hydrogen-bond acceptors (Lipinski definition) is 1. The van der Waals surface area contributed by atoms with Crippen molar-refractivity contribution in [2.75, 3.05) is 0 Å². The summed E-state index contributed by atoms with van der Waals surface area (Å²) in [7, 11) is 0. The molecule has 0 spiro atoms. The summed E-state index contributed by atoms with van der Waals surface area (Å²) in [5.41, 5.74) is 0. The molecule has 0 atom stereocenters. The van der Waals surface area contributed by atoms with E-state index >= 15 is 0 Å². The molecule has 1 radical (unpaired) electrons. The molecule has 0 heterocycles. The normalized spacial score (nSPS) is 7.00. The number of hydrogen-bond donors (Lipinski definition) is 2. The molecule has 2 N–H and O–H groups in total. The van der Waals surface area contributed by atoms with Crippen molar-refractivity contribution >= 4 is 30.2 Å². The first kappa shape index (κ1) is 9.18. The van der Waals surface area contributed by atoms with Crippen molar-refractivity contribution < 1.29 is 13.3 Å². The zero-order valence-electron chi connectivity index (χ0n) is 2.71. The smallest absolute Gasteiger partial charge is 0.284 e. The largest absolute Gasteiger partial charge is 0.299 e. The van der Waals surface area contributed by atoms with Gasteiger partial charge in [0.15, 0.2) is 0 Å². The Morgan fingerprint density at radius 1 is 1.40 bits per heavy atom. The van der Waals surface area contributed by atoms with Gasteiger partial charge in [-0.1, -0.05) is 0 Å². The average molecular weight is 89.0 g/mol. The van der Waals surface area contributed by atoms with E-state index in [0.717, 1.165) is 0 Å². The van der Waals surface area contributed by atoms with Gasteiger partial charge in [-0.05, 0) is 0 Å². The molecule has 0 aromatic carbocycles. The van der Waals surface area contributed by atoms with E-state index in [2.05, 4.69) is 0 Å². The minimum atomic E-state index is -2.61. The Balaban J connectivity index is 0. The molecule has 0 amide bonds. The molecule has 5 heavy (non-hydrogen) atoms. The van der Waals surface area contributed by atoms with E-state index in [9.17, 15) is 0 Å². The minimum Gasteiger partial charge on any atom is -0.284 e. The molecule has 0 aliphatic rings. The molecule has 0 aromatic rings. The van der Waals surface area contributed by atoms with Gasteiger partial charge in [0, 0.05) is 18.9 Å². The summed E-state index contributed by atoms with van der Waals surface area (Å²) in [6.45, 7) is 0. The summed E-state index contributed by atoms with van der Waals surface area (Å²) < 4.78 is 22.8. The molecule has 0 fully saturated rings. The van der Waals surface area contributed by atoms with E-state index in [1.54, 1.807) is 0 Å². The molecule has 0 aliphatic heterocycles. The summed E-state index contributed by atoms with van der Waals surface area (Å²) >= 11 is -2.61. The minimum absolute atomic E-state index is 0. The molecule has 0 aromatic heterocycles. The Bertz CT molecular complexity index is 29.9. The van der Waals surface area contributed by atoms with E-state index < -0.39 is 11.4 Å². The van der Waals surface area contributed by atoms with E-state index in [1.807, 2.05) is 0 Å². The van der Waals surface area contributed by atoms with Crippen LogP contribution in [0.25, 0.3) is 0 Å². The Morgan fingerprint density at radius 3 is 1.40 bits per heavy atom. The Kier molecular flexibility index (Phi) is 8.57. The van der Waals surface area contributed by atoms with Crippen molar-refractivity contribution in [3.63, 3.8) is 0 Å². The summed E-state index contributed by atoms with van der Waals surface area (Å²) in [4.78, 5) is 0. The van der Waals surface area contributed by atoms with Crippen LogP contribution in [0.4, 0.5) is 0 Å². The van der Waals surface area contributed by atoms with Crippen LogP contribution in [0.5, 0.6) is 0 Å². The maximum absolute atomic E-state index is 8.67. The van der Waals surface area contributed by atoms with Gasteiger partial charge in [-0.15, -0.1) is 0 Å². The van der Waals surface area contributed by atoms with Crippen molar-refractivity contribution in [1.82, 2.24) is 0 Å². The molecule has 27 valence electrons. The van der Waals surface area contributed by atoms with Gasteiger partial charge in [0.2, 0.25) is 0 Å². The second kappa shape index (κ2) is 4.67. The van der Waals surface area contributed by atoms with Crippen LogP contribution in [0.3, 0.4) is 0 Å². The van der Waals surface area contributed by atoms with Crippen LogP contribution in [-0.2, 0) is 11.4 Å². The van der Waals surface area contributed by atoms with Gasteiger partial charge < -0.3 is 0 Å². The zero-order valence-corrected chi connectivity index (χ0v) is 3.53. The summed E-state index contributed by atoms with van der Waals surface area (Å²) in [6, 6.07) is 0. The van der Waals surface area contributed by atoms with E-state index in [-0.39, 0.29) is 18.9 Å². The molecule has 0 bridgehead atoms. The van der Waals surface area contributed by atoms with Crippen LogP contribution < -0.4 is 0 Å². The predicted octanol–water partition coefficient (Wildman–Crippen LogP) is -0.700. The van der Waals surface area contributed by atoms with Crippen LogP contribution in [0.1, 0.15) is 0 Å². The third-order valence-electron chi connectivity index (χ3n) is 0. The zero-order chi connectivity index (χ0) is 3.58. The summed E-state index contributed by atoms with van der Waals surface area (Å²) in [6.07, 6.45) is 0. The second-order valence-electron chi connectivity index (χ2n) is 0.231. The molecular formula is H2LiO3S. The van der Waals surface area contributed by atoms with Gasteiger partial charge in [0.1, 0.15) is 0 Å². The maximum atomic E-state index is 8.67. The van der Waals surface area contributed by atoms with Crippen LogP contribution in [0.2, 0.25) is 0 Å². The van der Waals surface area contributed by atoms with Gasteiger partial charge in [0.05, 0.1) is 0 Å². The monoisotopic (exact) mass is 89.0 g/mol. The maximum Gasteiger partial charge on any atom is 0.299 e. The van der Waals surface area contributed by atoms with Crippen molar-refractivity contribution in [3.05, 3.63) is 0 Å². The molecule has 0 saturated heterocycles. The van der Waals surface area contributed by atoms with Crippen LogP contribution in [-0.4, -0.2) is 32.2 Å². The van der Waals surface area contributed by atoms with Crippen molar-refractivity contribution in [2.45, 2.75) is 0 Å². The Labute approximate surface area is 44.1 Å². The van der Waals surface area contributed by atoms with Crippen LogP contribution in [0.15, 0.2) is 0 Å². The summed E-state index contributed by atoms with van der Waals surface area (Å²) in [5, 5.41) is 0. The fourth-order valence-corrected chi connectivity index (χ4v) is 0. The first-order chi connectivity index (χ1) is 1.73. The molecule has 0 unspecified atom stereocenters. The fourth-order valence-electron chi connectivity index (χ4n) is 0. The first-order valence-electron chi connectivity index (χ1n) is 0.532. The fraction of sp³-hybridized carbons (Fsp3) is 0. The topological polar surface area (TPSA) is 57.5 Å². The van der Waals surface area contributed by atoms with E-state index in [0.29, 0.717) is 0 Å².